The van der Waals surface area contributed by atoms with Crippen molar-refractivity contribution in [2.75, 3.05) is 0 Å². The Kier molecular flexibility index (Phi) is 4.35. The lowest BCUT2D eigenvalue weighted by atomic mass is 9.79. The van der Waals surface area contributed by atoms with Crippen LogP contribution in [0.5, 0.6) is 0 Å². The molecule has 2 aromatic carbocycles. The Labute approximate surface area is 137 Å². The number of halogens is 1. The Morgan fingerprint density at radius 3 is 1.81 bits per heavy atom. The Balaban J connectivity index is 2.76. The van der Waals surface area contributed by atoms with Crippen molar-refractivity contribution in [3.05, 3.63) is 58.1 Å². The summed E-state index contributed by atoms with van der Waals surface area (Å²) in [6.07, 6.45) is 0. The number of benzene rings is 2. The predicted molar refractivity (Wildman–Crippen MR) is 97.0 cm³/mol. The molecular formula is C20H25Br. The van der Waals surface area contributed by atoms with Crippen LogP contribution in [0, 0.1) is 0 Å². The highest BCUT2D eigenvalue weighted by Crippen LogP contribution is 2.40. The summed E-state index contributed by atoms with van der Waals surface area (Å²) in [5.41, 5.74) is 5.56. The summed E-state index contributed by atoms with van der Waals surface area (Å²) in [4.78, 5) is 0. The molecule has 0 spiro atoms. The van der Waals surface area contributed by atoms with E-state index in [0.29, 0.717) is 0 Å². The average molecular weight is 345 g/mol. The molecule has 2 aromatic rings. The zero-order valence-corrected chi connectivity index (χ0v) is 15.5. The zero-order chi connectivity index (χ0) is 15.8. The molecule has 0 bridgehead atoms. The maximum absolute atomic E-state index is 3.85. The molecule has 21 heavy (non-hydrogen) atoms. The van der Waals surface area contributed by atoms with E-state index in [1.54, 1.807) is 0 Å². The van der Waals surface area contributed by atoms with Gasteiger partial charge in [-0.05, 0) is 55.1 Å². The van der Waals surface area contributed by atoms with Crippen LogP contribution in [-0.4, -0.2) is 0 Å². The van der Waals surface area contributed by atoms with Crippen molar-refractivity contribution in [3.63, 3.8) is 0 Å². The first kappa shape index (κ1) is 16.3. The first-order chi connectivity index (χ1) is 9.60. The zero-order valence-electron chi connectivity index (χ0n) is 13.9. The van der Waals surface area contributed by atoms with E-state index < -0.39 is 0 Å². The highest BCUT2D eigenvalue weighted by atomic mass is 79.9. The lowest BCUT2D eigenvalue weighted by Crippen LogP contribution is -2.17. The van der Waals surface area contributed by atoms with Crippen molar-refractivity contribution in [3.8, 4) is 11.1 Å². The molecule has 0 saturated carbocycles. The van der Waals surface area contributed by atoms with Crippen LogP contribution < -0.4 is 0 Å². The van der Waals surface area contributed by atoms with Crippen LogP contribution in [0.25, 0.3) is 11.1 Å². The van der Waals surface area contributed by atoms with Crippen molar-refractivity contribution in [2.24, 2.45) is 0 Å². The van der Waals surface area contributed by atoms with Gasteiger partial charge in [-0.3, -0.25) is 0 Å². The third-order valence-corrected chi connectivity index (χ3v) is 4.69. The maximum Gasteiger partial charge on any atom is 0.0291 e. The smallest absolute Gasteiger partial charge is 0.0291 e. The first-order valence-electron chi connectivity index (χ1n) is 7.50. The Hall–Kier alpha value is -1.08. The molecular weight excluding hydrogens is 320 g/mol. The van der Waals surface area contributed by atoms with E-state index >= 15 is 0 Å². The van der Waals surface area contributed by atoms with Gasteiger partial charge in [-0.25, -0.2) is 0 Å². The summed E-state index contributed by atoms with van der Waals surface area (Å²) >= 11 is 3.85. The summed E-state index contributed by atoms with van der Waals surface area (Å²) in [7, 11) is 0. The molecule has 0 fully saturated rings. The van der Waals surface area contributed by atoms with Crippen molar-refractivity contribution < 1.29 is 0 Å². The summed E-state index contributed by atoms with van der Waals surface area (Å²) < 4.78 is 1.22. The van der Waals surface area contributed by atoms with Gasteiger partial charge < -0.3 is 0 Å². The first-order valence-corrected chi connectivity index (χ1v) is 8.30. The van der Waals surface area contributed by atoms with Crippen molar-refractivity contribution in [2.45, 2.75) is 52.4 Å². The van der Waals surface area contributed by atoms with Gasteiger partial charge in [-0.1, -0.05) is 77.9 Å². The molecule has 0 aromatic heterocycles. The van der Waals surface area contributed by atoms with E-state index in [4.69, 9.17) is 0 Å². The van der Waals surface area contributed by atoms with Gasteiger partial charge in [0.1, 0.15) is 0 Å². The third-order valence-electron chi connectivity index (χ3n) is 3.83. The van der Waals surface area contributed by atoms with Crippen molar-refractivity contribution in [1.82, 2.24) is 0 Å². The molecule has 1 heteroatoms. The number of hydrogen-bond acceptors (Lipinski definition) is 0. The summed E-state index contributed by atoms with van der Waals surface area (Å²) in [6, 6.07) is 15.3. The molecule has 0 heterocycles. The molecule has 0 nitrogen and oxygen atoms in total. The molecule has 0 atom stereocenters. The molecule has 0 aliphatic carbocycles. The lowest BCUT2D eigenvalue weighted by Gasteiger charge is -2.28. The standard InChI is InChI=1S/C20H25Br/c1-19(2,3)15-12-16(14-10-8-7-9-11-14)18(21)17(13-15)20(4,5)6/h7-13H,1-6H3. The van der Waals surface area contributed by atoms with Gasteiger partial charge >= 0.3 is 0 Å². The summed E-state index contributed by atoms with van der Waals surface area (Å²) in [5, 5.41) is 0. The van der Waals surface area contributed by atoms with Crippen LogP contribution in [-0.2, 0) is 10.8 Å². The number of rotatable bonds is 1. The van der Waals surface area contributed by atoms with Gasteiger partial charge in [0.25, 0.3) is 0 Å². The fourth-order valence-corrected chi connectivity index (χ4v) is 3.48. The van der Waals surface area contributed by atoms with Crippen molar-refractivity contribution in [1.29, 1.82) is 0 Å². The van der Waals surface area contributed by atoms with Crippen LogP contribution in [0.2, 0.25) is 0 Å². The van der Waals surface area contributed by atoms with E-state index in [2.05, 4.69) is 99.9 Å². The topological polar surface area (TPSA) is 0 Å². The SMILES string of the molecule is CC(C)(C)c1cc(-c2ccccc2)c(Br)c(C(C)(C)C)c1. The summed E-state index contributed by atoms with van der Waals surface area (Å²) in [5.74, 6) is 0. The highest BCUT2D eigenvalue weighted by Gasteiger charge is 2.24. The van der Waals surface area contributed by atoms with Crippen LogP contribution >= 0.6 is 15.9 Å². The van der Waals surface area contributed by atoms with E-state index in [9.17, 15) is 0 Å². The highest BCUT2D eigenvalue weighted by molar-refractivity contribution is 9.10. The van der Waals surface area contributed by atoms with Crippen LogP contribution in [0.15, 0.2) is 46.9 Å². The second kappa shape index (κ2) is 5.61. The summed E-state index contributed by atoms with van der Waals surface area (Å²) in [6.45, 7) is 13.6. The minimum absolute atomic E-state index is 0.115. The second-order valence-electron chi connectivity index (χ2n) is 7.75. The van der Waals surface area contributed by atoms with Gasteiger partial charge in [0.15, 0.2) is 0 Å². The molecule has 2 rings (SSSR count). The monoisotopic (exact) mass is 344 g/mol. The van der Waals surface area contributed by atoms with Gasteiger partial charge in [-0.15, -0.1) is 0 Å². The minimum atomic E-state index is 0.115. The quantitative estimate of drug-likeness (QED) is 0.539. The van der Waals surface area contributed by atoms with Gasteiger partial charge in [0, 0.05) is 4.47 Å². The normalized spacial score (nSPS) is 12.5. The fourth-order valence-electron chi connectivity index (χ4n) is 2.43. The minimum Gasteiger partial charge on any atom is -0.0622 e. The Morgan fingerprint density at radius 1 is 0.762 bits per heavy atom. The van der Waals surface area contributed by atoms with Gasteiger partial charge in [-0.2, -0.15) is 0 Å². The van der Waals surface area contributed by atoms with Crippen LogP contribution in [0.3, 0.4) is 0 Å². The Bertz CT molecular complexity index is 625. The van der Waals surface area contributed by atoms with Crippen molar-refractivity contribution >= 4 is 15.9 Å². The maximum atomic E-state index is 3.85. The van der Waals surface area contributed by atoms with E-state index in [1.807, 2.05) is 0 Å². The third kappa shape index (κ3) is 3.58. The molecule has 0 N–H and O–H groups in total. The molecule has 0 amide bonds. The van der Waals surface area contributed by atoms with Crippen LogP contribution in [0.4, 0.5) is 0 Å². The van der Waals surface area contributed by atoms with E-state index in [-0.39, 0.29) is 10.8 Å². The molecule has 0 aliphatic rings. The van der Waals surface area contributed by atoms with Crippen LogP contribution in [0.1, 0.15) is 52.7 Å². The van der Waals surface area contributed by atoms with Gasteiger partial charge in [0.2, 0.25) is 0 Å². The van der Waals surface area contributed by atoms with E-state index in [0.717, 1.165) is 0 Å². The average Bonchev–Trinajstić information content (AvgIpc) is 2.37. The molecule has 0 aliphatic heterocycles. The largest absolute Gasteiger partial charge is 0.0622 e. The Morgan fingerprint density at radius 2 is 1.33 bits per heavy atom. The van der Waals surface area contributed by atoms with E-state index in [1.165, 1.54) is 26.7 Å². The predicted octanol–water partition coefficient (Wildman–Crippen LogP) is 6.71. The molecule has 112 valence electrons. The molecule has 0 unspecified atom stereocenters. The second-order valence-corrected chi connectivity index (χ2v) is 8.54. The van der Waals surface area contributed by atoms with Gasteiger partial charge in [0.05, 0.1) is 0 Å². The molecule has 0 radical (unpaired) electrons. The lowest BCUT2D eigenvalue weighted by molar-refractivity contribution is 0.567. The fraction of sp³-hybridized carbons (Fsp3) is 0.400. The molecule has 0 saturated heterocycles. The number of hydrogen-bond donors (Lipinski definition) is 0.